The summed E-state index contributed by atoms with van der Waals surface area (Å²) in [6.45, 7) is 1.39. The van der Waals surface area contributed by atoms with Crippen LogP contribution in [0.2, 0.25) is 0 Å². The standard InChI is InChI=1S/C29H35N5O10S/c35-26(25-13-24(45)16-32(25)29(38)44-18-21-3-7-23(8-4-21)34(41)42)14-27(36)31-11-9-19(10-12-31)15-30-28(37)43-17-20-1-5-22(6-2-20)33(39)40/h1-8,19,24-26,35,45H,9-18H2,(H,30,37)/t24-,25-,26?/m0/s1. The van der Waals surface area contributed by atoms with E-state index in [1.165, 1.54) is 53.4 Å². The number of nitro benzene ring substituents is 2. The third kappa shape index (κ3) is 9.52. The van der Waals surface area contributed by atoms with Crippen LogP contribution in [0.3, 0.4) is 0 Å². The van der Waals surface area contributed by atoms with Gasteiger partial charge in [0.25, 0.3) is 11.4 Å². The summed E-state index contributed by atoms with van der Waals surface area (Å²) >= 11 is 4.47. The van der Waals surface area contributed by atoms with Crippen LogP contribution in [0.25, 0.3) is 0 Å². The Hall–Kier alpha value is -4.44. The summed E-state index contributed by atoms with van der Waals surface area (Å²) in [7, 11) is 0. The van der Waals surface area contributed by atoms with E-state index >= 15 is 0 Å². The summed E-state index contributed by atoms with van der Waals surface area (Å²) in [6.07, 6.45) is -0.883. The van der Waals surface area contributed by atoms with Crippen molar-refractivity contribution >= 4 is 42.1 Å². The number of non-ortho nitro benzene ring substituents is 2. The number of likely N-dealkylation sites (tertiary alicyclic amines) is 2. The number of hydrogen-bond acceptors (Lipinski definition) is 11. The Balaban J connectivity index is 1.16. The lowest BCUT2D eigenvalue weighted by Crippen LogP contribution is -2.47. The van der Waals surface area contributed by atoms with Crippen molar-refractivity contribution < 1.29 is 38.8 Å². The van der Waals surface area contributed by atoms with E-state index in [0.717, 1.165) is 0 Å². The van der Waals surface area contributed by atoms with Gasteiger partial charge in [0, 0.05) is 55.7 Å². The molecule has 2 saturated heterocycles. The SMILES string of the molecule is O=C(NCC1CCN(C(=O)CC(O)[C@@H]2C[C@H](S)CN2C(=O)OCc2ccc([N+](=O)[O-])cc2)CC1)OCc1ccc([N+](=O)[O-])cc1. The number of carbonyl (C=O) groups excluding carboxylic acids is 3. The van der Waals surface area contributed by atoms with Crippen molar-refractivity contribution in [2.75, 3.05) is 26.2 Å². The van der Waals surface area contributed by atoms with Gasteiger partial charge in [-0.15, -0.1) is 0 Å². The van der Waals surface area contributed by atoms with Gasteiger partial charge < -0.3 is 29.7 Å². The first-order valence-electron chi connectivity index (χ1n) is 14.4. The van der Waals surface area contributed by atoms with E-state index in [0.29, 0.717) is 50.0 Å². The van der Waals surface area contributed by atoms with E-state index < -0.39 is 34.2 Å². The van der Waals surface area contributed by atoms with Crippen LogP contribution >= 0.6 is 12.6 Å². The molecule has 2 fully saturated rings. The zero-order valence-electron chi connectivity index (χ0n) is 24.4. The molecule has 3 atom stereocenters. The highest BCUT2D eigenvalue weighted by atomic mass is 32.1. The van der Waals surface area contributed by atoms with Crippen molar-refractivity contribution in [3.05, 3.63) is 79.9 Å². The lowest BCUT2D eigenvalue weighted by atomic mass is 9.96. The molecule has 242 valence electrons. The molecule has 2 aliphatic rings. The second-order valence-corrected chi connectivity index (χ2v) is 11.8. The Morgan fingerprint density at radius 3 is 2.00 bits per heavy atom. The summed E-state index contributed by atoms with van der Waals surface area (Å²) in [5, 5.41) is 35.0. The number of nitrogens with one attached hydrogen (secondary N) is 1. The average molecular weight is 646 g/mol. The molecular formula is C29H35N5O10S. The Bertz CT molecular complexity index is 1370. The molecule has 0 aromatic heterocycles. The van der Waals surface area contributed by atoms with Crippen LogP contribution < -0.4 is 5.32 Å². The van der Waals surface area contributed by atoms with E-state index in [4.69, 9.17) is 9.47 Å². The molecule has 0 aliphatic carbocycles. The number of amides is 3. The first kappa shape index (κ1) is 33.5. The van der Waals surface area contributed by atoms with Crippen LogP contribution in [0.4, 0.5) is 21.0 Å². The van der Waals surface area contributed by atoms with Crippen molar-refractivity contribution in [3.8, 4) is 0 Å². The number of benzene rings is 2. The third-order valence-corrected chi connectivity index (χ3v) is 8.29. The quantitative estimate of drug-likeness (QED) is 0.185. The molecule has 2 heterocycles. The minimum Gasteiger partial charge on any atom is -0.445 e. The molecule has 3 amide bonds. The second kappa shape index (κ2) is 15.5. The average Bonchev–Trinajstić information content (AvgIpc) is 3.44. The van der Waals surface area contributed by atoms with Crippen LogP contribution in [-0.4, -0.2) is 86.4 Å². The van der Waals surface area contributed by atoms with E-state index in [1.807, 2.05) is 0 Å². The zero-order chi connectivity index (χ0) is 32.5. The maximum atomic E-state index is 13.0. The minimum absolute atomic E-state index is 0.0248. The number of nitro groups is 2. The first-order valence-corrected chi connectivity index (χ1v) is 15.0. The molecule has 0 radical (unpaired) electrons. The van der Waals surface area contributed by atoms with Gasteiger partial charge in [-0.2, -0.15) is 12.6 Å². The summed E-state index contributed by atoms with van der Waals surface area (Å²) in [6, 6.07) is 10.7. The number of hydrogen-bond donors (Lipinski definition) is 3. The van der Waals surface area contributed by atoms with Gasteiger partial charge in [0.05, 0.1) is 28.4 Å². The monoisotopic (exact) mass is 645 g/mol. The number of rotatable bonds is 11. The number of ether oxygens (including phenoxy) is 2. The molecule has 4 rings (SSSR count). The molecule has 2 aromatic carbocycles. The minimum atomic E-state index is -1.12. The number of thiol groups is 1. The number of aliphatic hydroxyl groups excluding tert-OH is 1. The molecule has 1 unspecified atom stereocenters. The van der Waals surface area contributed by atoms with Gasteiger partial charge in [-0.25, -0.2) is 9.59 Å². The molecule has 0 bridgehead atoms. The highest BCUT2D eigenvalue weighted by Gasteiger charge is 2.40. The predicted octanol–water partition coefficient (Wildman–Crippen LogP) is 3.43. The Kier molecular flexibility index (Phi) is 11.5. The predicted molar refractivity (Wildman–Crippen MR) is 162 cm³/mol. The summed E-state index contributed by atoms with van der Waals surface area (Å²) in [5.41, 5.74) is 1.07. The number of aliphatic hydroxyl groups is 1. The summed E-state index contributed by atoms with van der Waals surface area (Å²) in [5.74, 6) is -0.107. The second-order valence-electron chi connectivity index (χ2n) is 11.1. The molecule has 2 aromatic rings. The van der Waals surface area contributed by atoms with Gasteiger partial charge in [-0.3, -0.25) is 25.0 Å². The molecule has 15 nitrogen and oxygen atoms in total. The van der Waals surface area contributed by atoms with Crippen LogP contribution in [0.5, 0.6) is 0 Å². The number of carbonyl (C=O) groups is 3. The smallest absolute Gasteiger partial charge is 0.410 e. The van der Waals surface area contributed by atoms with E-state index in [2.05, 4.69) is 17.9 Å². The van der Waals surface area contributed by atoms with Crippen molar-refractivity contribution in [1.82, 2.24) is 15.1 Å². The molecule has 0 saturated carbocycles. The summed E-state index contributed by atoms with van der Waals surface area (Å²) in [4.78, 5) is 61.5. The molecule has 2 aliphatic heterocycles. The number of nitrogens with zero attached hydrogens (tertiary/aromatic N) is 4. The highest BCUT2D eigenvalue weighted by Crippen LogP contribution is 2.28. The Morgan fingerprint density at radius 1 is 0.933 bits per heavy atom. The normalized spacial score (nSPS) is 19.1. The van der Waals surface area contributed by atoms with Crippen LogP contribution in [0.1, 0.15) is 36.8 Å². The highest BCUT2D eigenvalue weighted by molar-refractivity contribution is 7.81. The Labute approximate surface area is 264 Å². The van der Waals surface area contributed by atoms with E-state index in [1.54, 1.807) is 4.90 Å². The molecule has 0 spiro atoms. The van der Waals surface area contributed by atoms with E-state index in [9.17, 15) is 39.7 Å². The van der Waals surface area contributed by atoms with Crippen LogP contribution in [0, 0.1) is 26.1 Å². The molecular weight excluding hydrogens is 610 g/mol. The first-order chi connectivity index (χ1) is 21.5. The van der Waals surface area contributed by atoms with Gasteiger partial charge in [-0.05, 0) is 60.6 Å². The molecule has 16 heteroatoms. The van der Waals surface area contributed by atoms with Crippen molar-refractivity contribution in [1.29, 1.82) is 0 Å². The fraction of sp³-hybridized carbons (Fsp3) is 0.483. The van der Waals surface area contributed by atoms with Crippen molar-refractivity contribution in [3.63, 3.8) is 0 Å². The maximum Gasteiger partial charge on any atom is 0.410 e. The zero-order valence-corrected chi connectivity index (χ0v) is 25.3. The summed E-state index contributed by atoms with van der Waals surface area (Å²) < 4.78 is 10.6. The van der Waals surface area contributed by atoms with Crippen LogP contribution in [-0.2, 0) is 27.5 Å². The third-order valence-electron chi connectivity index (χ3n) is 7.91. The van der Waals surface area contributed by atoms with Crippen LogP contribution in [0.15, 0.2) is 48.5 Å². The van der Waals surface area contributed by atoms with Crippen molar-refractivity contribution in [2.24, 2.45) is 5.92 Å². The van der Waals surface area contributed by atoms with Gasteiger partial charge in [0.15, 0.2) is 0 Å². The number of piperidine rings is 1. The van der Waals surface area contributed by atoms with Crippen molar-refractivity contribution in [2.45, 2.75) is 56.3 Å². The lowest BCUT2D eigenvalue weighted by molar-refractivity contribution is -0.385. The van der Waals surface area contributed by atoms with Gasteiger partial charge in [0.1, 0.15) is 13.2 Å². The van der Waals surface area contributed by atoms with Gasteiger partial charge in [0.2, 0.25) is 5.91 Å². The van der Waals surface area contributed by atoms with E-state index in [-0.39, 0.29) is 54.6 Å². The topological polar surface area (TPSA) is 195 Å². The lowest BCUT2D eigenvalue weighted by Gasteiger charge is -2.34. The number of alkyl carbamates (subject to hydrolysis) is 1. The maximum absolute atomic E-state index is 13.0. The van der Waals surface area contributed by atoms with Gasteiger partial charge >= 0.3 is 12.2 Å². The Morgan fingerprint density at radius 2 is 1.47 bits per heavy atom. The van der Waals surface area contributed by atoms with Gasteiger partial charge in [-0.1, -0.05) is 0 Å². The fourth-order valence-corrected chi connectivity index (χ4v) is 5.72. The fourth-order valence-electron chi connectivity index (χ4n) is 5.33. The molecule has 45 heavy (non-hydrogen) atoms. The largest absolute Gasteiger partial charge is 0.445 e. The molecule has 2 N–H and O–H groups in total.